The van der Waals surface area contributed by atoms with Crippen LogP contribution in [-0.2, 0) is 6.42 Å². The Morgan fingerprint density at radius 2 is 2.03 bits per heavy atom. The van der Waals surface area contributed by atoms with Crippen LogP contribution in [0.3, 0.4) is 0 Å². The Balaban J connectivity index is 2.06. The number of hydrogen-bond donors (Lipinski definition) is 1. The van der Waals surface area contributed by atoms with E-state index in [1.165, 1.54) is 12.3 Å². The minimum atomic E-state index is -1.23. The van der Waals surface area contributed by atoms with Crippen LogP contribution >= 0.6 is 0 Å². The van der Waals surface area contributed by atoms with Gasteiger partial charge in [0.15, 0.2) is 11.2 Å². The molecule has 0 fully saturated rings. The Kier molecular flexibility index (Phi) is 5.48. The summed E-state index contributed by atoms with van der Waals surface area (Å²) in [7, 11) is 0. The minimum Gasteiger partial charge on any atom is -0.477 e. The van der Waals surface area contributed by atoms with Crippen molar-refractivity contribution in [1.82, 2.24) is 4.57 Å². The molecule has 0 saturated carbocycles. The molecule has 170 valence electrons. The maximum Gasteiger partial charge on any atom is 0.341 e. The normalized spacial score (nSPS) is 16.2. The van der Waals surface area contributed by atoms with Crippen molar-refractivity contribution in [3.8, 4) is 11.5 Å². The molecule has 6 nitrogen and oxygen atoms in total. The van der Waals surface area contributed by atoms with Crippen molar-refractivity contribution in [2.75, 3.05) is 0 Å². The highest BCUT2D eigenvalue weighted by Crippen LogP contribution is 2.46. The van der Waals surface area contributed by atoms with Crippen molar-refractivity contribution in [1.29, 1.82) is 0 Å². The molecule has 3 heterocycles. The monoisotopic (exact) mass is 444 g/mol. The molecular weight excluding hydrogens is 416 g/mol. The zero-order chi connectivity index (χ0) is 24.1. The average molecular weight is 445 g/mol. The van der Waals surface area contributed by atoms with E-state index in [9.17, 15) is 14.7 Å². The largest absolute Gasteiger partial charge is 0.477 e. The molecule has 6 heteroatoms. The maximum absolute atomic E-state index is 12.6. The molecule has 1 aliphatic rings. The first-order valence-corrected chi connectivity index (χ1v) is 10.9. The van der Waals surface area contributed by atoms with Gasteiger partial charge in [-0.3, -0.25) is 9.79 Å². The second kappa shape index (κ2) is 8.03. The summed E-state index contributed by atoms with van der Waals surface area (Å²) in [6, 6.07) is 7.29. The molecular formula is C27H28N2O4. The lowest BCUT2D eigenvalue weighted by Crippen LogP contribution is -2.32. The highest BCUT2D eigenvalue weighted by atomic mass is 16.4. The zero-order valence-corrected chi connectivity index (χ0v) is 19.6. The quantitative estimate of drug-likeness (QED) is 0.500. The van der Waals surface area contributed by atoms with Gasteiger partial charge in [0.25, 0.3) is 0 Å². The van der Waals surface area contributed by atoms with Gasteiger partial charge in [0.1, 0.15) is 11.1 Å². The standard InChI is InChI=1S/C27H28N2O4/c1-7-9-20(28-15(2)3)17-11-8-10-16-18-12-23(27(4,5)6)29-14-19(26(31)32)22(30)13-21(29)25(18)33-24(16)17/h7-11,13-14,23H,2,12H2,1,3-6H3,(H,31,32)/b9-7-,28-20+. The third kappa shape index (κ3) is 3.86. The number of aliphatic imine (C=N–C) groups is 1. The molecule has 0 bridgehead atoms. The fourth-order valence-electron chi connectivity index (χ4n) is 4.50. The van der Waals surface area contributed by atoms with E-state index in [-0.39, 0.29) is 17.0 Å². The molecule has 0 saturated heterocycles. The van der Waals surface area contributed by atoms with E-state index in [1.807, 2.05) is 48.8 Å². The number of aromatic nitrogens is 1. The summed E-state index contributed by atoms with van der Waals surface area (Å²) in [5.41, 5.74) is 3.61. The second-order valence-corrected chi connectivity index (χ2v) is 9.56. The van der Waals surface area contributed by atoms with Crippen LogP contribution in [0.4, 0.5) is 0 Å². The van der Waals surface area contributed by atoms with E-state index in [0.29, 0.717) is 29.2 Å². The number of carboxylic acid groups (broad SMARTS) is 1. The summed E-state index contributed by atoms with van der Waals surface area (Å²) in [5, 5.41) is 10.5. The molecule has 0 radical (unpaired) electrons. The molecule has 0 amide bonds. The number of nitrogens with zero attached hydrogens (tertiary/aromatic N) is 2. The van der Waals surface area contributed by atoms with Gasteiger partial charge in [0.05, 0.1) is 11.4 Å². The number of carbonyl (C=O) groups is 1. The number of benzene rings is 1. The Hall–Kier alpha value is -3.67. The van der Waals surface area contributed by atoms with E-state index in [2.05, 4.69) is 32.3 Å². The van der Waals surface area contributed by atoms with Gasteiger partial charge in [-0.1, -0.05) is 45.6 Å². The van der Waals surface area contributed by atoms with Gasteiger partial charge >= 0.3 is 5.97 Å². The molecule has 1 atom stereocenters. The van der Waals surface area contributed by atoms with E-state index < -0.39 is 11.4 Å². The molecule has 0 aliphatic carbocycles. The second-order valence-electron chi connectivity index (χ2n) is 9.56. The lowest BCUT2D eigenvalue weighted by molar-refractivity contribution is 0.0693. The lowest BCUT2D eigenvalue weighted by atomic mass is 9.79. The number of hydrogen-bond acceptors (Lipinski definition) is 4. The SMILES string of the molecule is C=C(C)/N=C(\C=C/C)c1cccc2c3c(oc12)-c1cc(=O)c(C(=O)O)cn1C(C(C)(C)C)C3. The van der Waals surface area contributed by atoms with Crippen molar-refractivity contribution in [3.05, 3.63) is 81.8 Å². The Bertz CT molecular complexity index is 1410. The minimum absolute atomic E-state index is 0.0535. The smallest absolute Gasteiger partial charge is 0.341 e. The number of para-hydroxylation sites is 1. The molecule has 3 aromatic rings. The lowest BCUT2D eigenvalue weighted by Gasteiger charge is -2.37. The highest BCUT2D eigenvalue weighted by Gasteiger charge is 2.36. The highest BCUT2D eigenvalue weighted by molar-refractivity contribution is 6.16. The summed E-state index contributed by atoms with van der Waals surface area (Å²) in [6.07, 6.45) is 5.95. The number of rotatable bonds is 4. The van der Waals surface area contributed by atoms with E-state index in [0.717, 1.165) is 22.2 Å². The number of furan rings is 1. The fraction of sp³-hybridized carbons (Fsp3) is 0.296. The van der Waals surface area contributed by atoms with E-state index >= 15 is 0 Å². The summed E-state index contributed by atoms with van der Waals surface area (Å²) >= 11 is 0. The van der Waals surface area contributed by atoms with E-state index in [4.69, 9.17) is 4.42 Å². The van der Waals surface area contributed by atoms with Crippen molar-refractivity contribution in [2.45, 2.75) is 47.1 Å². The first kappa shape index (κ1) is 22.5. The number of fused-ring (bicyclic) bond motifs is 5. The molecule has 1 aromatic carbocycles. The third-order valence-electron chi connectivity index (χ3n) is 6.01. The number of aromatic carboxylic acids is 1. The Labute approximate surface area is 192 Å². The van der Waals surface area contributed by atoms with Crippen LogP contribution in [0.5, 0.6) is 0 Å². The average Bonchev–Trinajstić information content (AvgIpc) is 3.10. The summed E-state index contributed by atoms with van der Waals surface area (Å²) < 4.78 is 8.31. The Morgan fingerprint density at radius 1 is 1.30 bits per heavy atom. The molecule has 0 spiro atoms. The summed E-state index contributed by atoms with van der Waals surface area (Å²) in [6.45, 7) is 14.0. The molecule has 1 N–H and O–H groups in total. The third-order valence-corrected chi connectivity index (χ3v) is 6.01. The van der Waals surface area contributed by atoms with Crippen LogP contribution in [0.15, 0.2) is 69.1 Å². The summed E-state index contributed by atoms with van der Waals surface area (Å²) in [5.74, 6) is -0.630. The predicted octanol–water partition coefficient (Wildman–Crippen LogP) is 6.00. The number of allylic oxidation sites excluding steroid dienone is 3. The summed E-state index contributed by atoms with van der Waals surface area (Å²) in [4.78, 5) is 28.9. The van der Waals surface area contributed by atoms with Crippen LogP contribution in [0.25, 0.3) is 22.4 Å². The first-order valence-electron chi connectivity index (χ1n) is 10.9. The van der Waals surface area contributed by atoms with Gasteiger partial charge in [-0.15, -0.1) is 0 Å². The predicted molar refractivity (Wildman–Crippen MR) is 131 cm³/mol. The van der Waals surface area contributed by atoms with Crippen molar-refractivity contribution in [3.63, 3.8) is 0 Å². The zero-order valence-electron chi connectivity index (χ0n) is 19.6. The molecule has 2 aromatic heterocycles. The first-order chi connectivity index (χ1) is 15.5. The van der Waals surface area contributed by atoms with Gasteiger partial charge in [0.2, 0.25) is 0 Å². The van der Waals surface area contributed by atoms with Crippen LogP contribution in [0.1, 0.15) is 62.1 Å². The Morgan fingerprint density at radius 3 is 2.64 bits per heavy atom. The van der Waals surface area contributed by atoms with Gasteiger partial charge in [-0.25, -0.2) is 4.79 Å². The van der Waals surface area contributed by atoms with E-state index in [1.54, 1.807) is 0 Å². The van der Waals surface area contributed by atoms with Gasteiger partial charge < -0.3 is 14.1 Å². The van der Waals surface area contributed by atoms with Gasteiger partial charge in [-0.2, -0.15) is 0 Å². The van der Waals surface area contributed by atoms with Crippen molar-refractivity contribution in [2.24, 2.45) is 10.4 Å². The van der Waals surface area contributed by atoms with Crippen LogP contribution in [0, 0.1) is 5.41 Å². The maximum atomic E-state index is 12.6. The topological polar surface area (TPSA) is 84.8 Å². The number of pyridine rings is 1. The van der Waals surface area contributed by atoms with Crippen molar-refractivity contribution >= 4 is 22.7 Å². The van der Waals surface area contributed by atoms with Crippen molar-refractivity contribution < 1.29 is 14.3 Å². The number of carboxylic acids is 1. The molecule has 33 heavy (non-hydrogen) atoms. The van der Waals surface area contributed by atoms with Gasteiger partial charge in [-0.05, 0) is 37.8 Å². The van der Waals surface area contributed by atoms with Crippen LogP contribution in [0.2, 0.25) is 0 Å². The van der Waals surface area contributed by atoms with Crippen LogP contribution < -0.4 is 5.43 Å². The van der Waals surface area contributed by atoms with Crippen LogP contribution in [-0.4, -0.2) is 21.4 Å². The van der Waals surface area contributed by atoms with Gasteiger partial charge in [0, 0.05) is 40.5 Å². The molecule has 1 aliphatic heterocycles. The fourth-order valence-corrected chi connectivity index (χ4v) is 4.50. The molecule has 1 unspecified atom stereocenters. The molecule has 4 rings (SSSR count).